The van der Waals surface area contributed by atoms with Crippen LogP contribution in [0.5, 0.6) is 0 Å². The Labute approximate surface area is 113 Å². The van der Waals surface area contributed by atoms with Gasteiger partial charge < -0.3 is 10.4 Å². The number of carbonyl (C=O) groups excluding carboxylic acids is 1. The minimum atomic E-state index is -0.893. The summed E-state index contributed by atoms with van der Waals surface area (Å²) in [5.41, 5.74) is 1.87. The largest absolute Gasteiger partial charge is 0.481 e. The number of fused-ring (bicyclic) bond motifs is 2. The average molecular weight is 310 g/mol. The van der Waals surface area contributed by atoms with Crippen LogP contribution in [-0.4, -0.2) is 17.0 Å². The van der Waals surface area contributed by atoms with E-state index in [1.807, 2.05) is 19.1 Å². The standard InChI is InChI=1S/C13H12BrNO3/c1-2-6-3-7(14)4-8-10(6)15-12(18)13(8)5-9(13)11(16)17/h3-4,9H,2,5H2,1H3,(H,15,18)(H,16,17). The molecular weight excluding hydrogens is 298 g/mol. The van der Waals surface area contributed by atoms with Crippen molar-refractivity contribution in [2.45, 2.75) is 25.2 Å². The highest BCUT2D eigenvalue weighted by Crippen LogP contribution is 2.61. The van der Waals surface area contributed by atoms with Crippen LogP contribution in [0.4, 0.5) is 5.69 Å². The van der Waals surface area contributed by atoms with Crippen molar-refractivity contribution < 1.29 is 14.7 Å². The van der Waals surface area contributed by atoms with Gasteiger partial charge in [0.1, 0.15) is 0 Å². The number of anilines is 1. The number of halogens is 1. The maximum absolute atomic E-state index is 12.1. The van der Waals surface area contributed by atoms with Crippen molar-refractivity contribution in [2.24, 2.45) is 5.92 Å². The Morgan fingerprint density at radius 1 is 1.61 bits per heavy atom. The molecule has 0 aromatic heterocycles. The summed E-state index contributed by atoms with van der Waals surface area (Å²) in [6.45, 7) is 2.01. The molecule has 3 rings (SSSR count). The number of benzene rings is 1. The minimum absolute atomic E-state index is 0.169. The lowest BCUT2D eigenvalue weighted by molar-refractivity contribution is -0.140. The van der Waals surface area contributed by atoms with Crippen molar-refractivity contribution in [1.29, 1.82) is 0 Å². The topological polar surface area (TPSA) is 66.4 Å². The average Bonchev–Trinajstić information content (AvgIpc) is 3.01. The summed E-state index contributed by atoms with van der Waals surface area (Å²) in [5.74, 6) is -1.65. The Balaban J connectivity index is 2.17. The Hall–Kier alpha value is -1.36. The van der Waals surface area contributed by atoms with Crippen LogP contribution in [0.3, 0.4) is 0 Å². The molecule has 0 bridgehead atoms. The van der Waals surface area contributed by atoms with Gasteiger partial charge >= 0.3 is 5.97 Å². The van der Waals surface area contributed by atoms with Crippen LogP contribution in [0.2, 0.25) is 0 Å². The summed E-state index contributed by atoms with van der Waals surface area (Å²) in [6.07, 6.45) is 1.21. The first kappa shape index (κ1) is 11.7. The van der Waals surface area contributed by atoms with E-state index in [9.17, 15) is 9.59 Å². The minimum Gasteiger partial charge on any atom is -0.481 e. The molecule has 1 spiro atoms. The van der Waals surface area contributed by atoms with Gasteiger partial charge in [0.15, 0.2) is 0 Å². The quantitative estimate of drug-likeness (QED) is 0.881. The van der Waals surface area contributed by atoms with Gasteiger partial charge in [-0.2, -0.15) is 0 Å². The van der Waals surface area contributed by atoms with Crippen LogP contribution in [0.25, 0.3) is 0 Å². The number of hydrogen-bond donors (Lipinski definition) is 2. The van der Waals surface area contributed by atoms with Gasteiger partial charge in [-0.05, 0) is 36.1 Å². The van der Waals surface area contributed by atoms with E-state index in [2.05, 4.69) is 21.2 Å². The molecule has 2 unspecified atom stereocenters. The fourth-order valence-electron chi connectivity index (χ4n) is 2.90. The summed E-state index contributed by atoms with van der Waals surface area (Å²) in [4.78, 5) is 23.2. The first-order valence-corrected chi connectivity index (χ1v) is 6.67. The molecule has 0 radical (unpaired) electrons. The van der Waals surface area contributed by atoms with Crippen LogP contribution in [-0.2, 0) is 21.4 Å². The summed E-state index contributed by atoms with van der Waals surface area (Å²) in [6, 6.07) is 3.84. The molecule has 1 aliphatic heterocycles. The molecule has 2 N–H and O–H groups in total. The van der Waals surface area contributed by atoms with Gasteiger partial charge in [0, 0.05) is 10.2 Å². The van der Waals surface area contributed by atoms with Gasteiger partial charge in [-0.25, -0.2) is 0 Å². The van der Waals surface area contributed by atoms with Crippen LogP contribution < -0.4 is 5.32 Å². The highest BCUT2D eigenvalue weighted by molar-refractivity contribution is 9.10. The van der Waals surface area contributed by atoms with Crippen LogP contribution in [0, 0.1) is 5.92 Å². The SMILES string of the molecule is CCc1cc(Br)cc2c1NC(=O)C21CC1C(=O)O. The van der Waals surface area contributed by atoms with E-state index in [-0.39, 0.29) is 5.91 Å². The smallest absolute Gasteiger partial charge is 0.307 e. The van der Waals surface area contributed by atoms with E-state index >= 15 is 0 Å². The van der Waals surface area contributed by atoms with Crippen molar-refractivity contribution in [2.75, 3.05) is 5.32 Å². The summed E-state index contributed by atoms with van der Waals surface area (Å²) < 4.78 is 0.894. The third kappa shape index (κ3) is 1.31. The molecule has 94 valence electrons. The molecule has 2 atom stereocenters. The second-order valence-electron chi connectivity index (χ2n) is 4.86. The summed E-state index contributed by atoms with van der Waals surface area (Å²) in [5, 5.41) is 12.0. The fourth-order valence-corrected chi connectivity index (χ4v) is 3.40. The van der Waals surface area contributed by atoms with Crippen LogP contribution in [0.1, 0.15) is 24.5 Å². The Bertz CT molecular complexity index is 584. The molecule has 2 aliphatic rings. The van der Waals surface area contributed by atoms with E-state index in [0.717, 1.165) is 27.7 Å². The van der Waals surface area contributed by atoms with Crippen molar-refractivity contribution in [1.82, 2.24) is 0 Å². The van der Waals surface area contributed by atoms with Crippen LogP contribution >= 0.6 is 15.9 Å². The van der Waals surface area contributed by atoms with E-state index in [1.54, 1.807) is 0 Å². The van der Waals surface area contributed by atoms with Gasteiger partial charge in [0.05, 0.1) is 11.3 Å². The zero-order valence-electron chi connectivity index (χ0n) is 9.79. The van der Waals surface area contributed by atoms with Crippen molar-refractivity contribution >= 4 is 33.5 Å². The molecule has 0 saturated heterocycles. The Morgan fingerprint density at radius 2 is 2.33 bits per heavy atom. The molecule has 1 aliphatic carbocycles. The molecule has 1 aromatic carbocycles. The first-order chi connectivity index (χ1) is 8.50. The molecular formula is C13H12BrNO3. The predicted octanol–water partition coefficient (Wildman–Crippen LogP) is 2.31. The molecule has 5 heteroatoms. The van der Waals surface area contributed by atoms with Gasteiger partial charge in [0.2, 0.25) is 5.91 Å². The molecule has 1 aromatic rings. The highest BCUT2D eigenvalue weighted by atomic mass is 79.9. The molecule has 1 amide bonds. The van der Waals surface area contributed by atoms with E-state index in [4.69, 9.17) is 5.11 Å². The normalized spacial score (nSPS) is 28.1. The molecule has 1 saturated carbocycles. The highest BCUT2D eigenvalue weighted by Gasteiger charge is 2.68. The third-order valence-corrected chi connectivity index (χ3v) is 4.41. The zero-order valence-corrected chi connectivity index (χ0v) is 11.4. The maximum atomic E-state index is 12.1. The lowest BCUT2D eigenvalue weighted by Gasteiger charge is -2.09. The monoisotopic (exact) mass is 309 g/mol. The molecule has 4 nitrogen and oxygen atoms in total. The number of rotatable bonds is 2. The number of nitrogens with one attached hydrogen (secondary N) is 1. The van der Waals surface area contributed by atoms with Gasteiger partial charge in [-0.1, -0.05) is 22.9 Å². The first-order valence-electron chi connectivity index (χ1n) is 5.88. The van der Waals surface area contributed by atoms with Crippen molar-refractivity contribution in [3.05, 3.63) is 27.7 Å². The summed E-state index contributed by atoms with van der Waals surface area (Å²) in [7, 11) is 0. The van der Waals surface area contributed by atoms with E-state index < -0.39 is 17.3 Å². The lowest BCUT2D eigenvalue weighted by Crippen LogP contribution is -2.24. The number of carboxylic acids is 1. The number of hydrogen-bond acceptors (Lipinski definition) is 2. The maximum Gasteiger partial charge on any atom is 0.307 e. The van der Waals surface area contributed by atoms with Gasteiger partial charge in [-0.3, -0.25) is 9.59 Å². The lowest BCUT2D eigenvalue weighted by atomic mass is 9.93. The van der Waals surface area contributed by atoms with Crippen LogP contribution in [0.15, 0.2) is 16.6 Å². The van der Waals surface area contributed by atoms with Crippen molar-refractivity contribution in [3.63, 3.8) is 0 Å². The third-order valence-electron chi connectivity index (χ3n) is 3.95. The number of aryl methyl sites for hydroxylation is 1. The second kappa shape index (κ2) is 3.57. The zero-order chi connectivity index (χ0) is 13.1. The number of amides is 1. The Morgan fingerprint density at radius 3 is 2.89 bits per heavy atom. The van der Waals surface area contributed by atoms with E-state index in [0.29, 0.717) is 6.42 Å². The number of aliphatic carboxylic acids is 1. The molecule has 1 fully saturated rings. The number of carbonyl (C=O) groups is 2. The molecule has 18 heavy (non-hydrogen) atoms. The summed E-state index contributed by atoms with van der Waals surface area (Å²) >= 11 is 3.43. The van der Waals surface area contributed by atoms with Gasteiger partial charge in [-0.15, -0.1) is 0 Å². The van der Waals surface area contributed by atoms with Gasteiger partial charge in [0.25, 0.3) is 0 Å². The molecule has 1 heterocycles. The predicted molar refractivity (Wildman–Crippen MR) is 69.6 cm³/mol. The van der Waals surface area contributed by atoms with E-state index in [1.165, 1.54) is 0 Å². The second-order valence-corrected chi connectivity index (χ2v) is 5.78. The van der Waals surface area contributed by atoms with Crippen molar-refractivity contribution in [3.8, 4) is 0 Å². The Kier molecular flexibility index (Phi) is 2.32. The number of carboxylic acid groups (broad SMARTS) is 1. The fraction of sp³-hybridized carbons (Fsp3) is 0.385.